The maximum atomic E-state index is 13.5. The molecule has 2 aromatic carbocycles. The van der Waals surface area contributed by atoms with Gasteiger partial charge in [-0.25, -0.2) is 0 Å². The van der Waals surface area contributed by atoms with Crippen molar-refractivity contribution in [3.8, 4) is 11.5 Å². The number of hydrogen-bond donors (Lipinski definition) is 1. The molecule has 170 valence electrons. The van der Waals surface area contributed by atoms with Gasteiger partial charge in [-0.1, -0.05) is 24.6 Å². The van der Waals surface area contributed by atoms with Crippen LogP contribution in [-0.4, -0.2) is 55.2 Å². The minimum absolute atomic E-state index is 0.343. The van der Waals surface area contributed by atoms with Crippen molar-refractivity contribution in [3.05, 3.63) is 53.6 Å². The first-order chi connectivity index (χ1) is 15.4. The summed E-state index contributed by atoms with van der Waals surface area (Å²) in [6.45, 7) is 3.48. The Labute approximate surface area is 188 Å². The predicted molar refractivity (Wildman–Crippen MR) is 121 cm³/mol. The lowest BCUT2D eigenvalue weighted by Gasteiger charge is -2.36. The number of methoxy groups -OCH3 is 2. The second-order valence-corrected chi connectivity index (χ2v) is 8.58. The van der Waals surface area contributed by atoms with Gasteiger partial charge in [-0.3, -0.25) is 19.4 Å². The molecule has 1 amide bonds. The van der Waals surface area contributed by atoms with E-state index >= 15 is 0 Å². The molecule has 7 heteroatoms. The van der Waals surface area contributed by atoms with Crippen molar-refractivity contribution >= 4 is 17.4 Å². The van der Waals surface area contributed by atoms with Crippen molar-refractivity contribution in [2.75, 3.05) is 32.3 Å². The van der Waals surface area contributed by atoms with Crippen LogP contribution in [0.2, 0.25) is 0 Å². The molecule has 2 aliphatic heterocycles. The number of rotatable bonds is 7. The maximum absolute atomic E-state index is 13.5. The van der Waals surface area contributed by atoms with Crippen LogP contribution >= 0.6 is 0 Å². The van der Waals surface area contributed by atoms with Gasteiger partial charge < -0.3 is 14.6 Å². The van der Waals surface area contributed by atoms with Gasteiger partial charge in [0, 0.05) is 23.7 Å². The molecular weight excluding hydrogens is 408 g/mol. The van der Waals surface area contributed by atoms with Crippen LogP contribution in [0.1, 0.15) is 48.5 Å². The fourth-order valence-corrected chi connectivity index (χ4v) is 4.71. The van der Waals surface area contributed by atoms with Crippen molar-refractivity contribution in [2.45, 2.75) is 44.2 Å². The van der Waals surface area contributed by atoms with Gasteiger partial charge in [0.1, 0.15) is 0 Å². The SMILES string of the molecule is COc1ccc(C(=O)CC2(O)C(=O)N(CN3CCCCC3C)c3ccccc32)cc1OC. The number of piperidine rings is 1. The van der Waals surface area contributed by atoms with Crippen LogP contribution in [0.4, 0.5) is 5.69 Å². The number of anilines is 1. The standard InChI is InChI=1S/C25H30N2O5/c1-17-8-6-7-13-26(17)16-27-20-10-5-4-9-19(20)25(30,24(27)29)15-21(28)18-11-12-22(31-2)23(14-18)32-3/h4-5,9-12,14,17,30H,6-8,13,15-16H2,1-3H3. The van der Waals surface area contributed by atoms with Crippen LogP contribution in [0.15, 0.2) is 42.5 Å². The van der Waals surface area contributed by atoms with Gasteiger partial charge in [0.25, 0.3) is 5.91 Å². The topological polar surface area (TPSA) is 79.3 Å². The van der Waals surface area contributed by atoms with Gasteiger partial charge >= 0.3 is 0 Å². The molecule has 0 saturated carbocycles. The van der Waals surface area contributed by atoms with E-state index in [4.69, 9.17) is 9.47 Å². The Morgan fingerprint density at radius 3 is 2.59 bits per heavy atom. The Morgan fingerprint density at radius 2 is 1.88 bits per heavy atom. The number of fused-ring (bicyclic) bond motifs is 1. The first-order valence-corrected chi connectivity index (χ1v) is 11.0. The summed E-state index contributed by atoms with van der Waals surface area (Å²) in [5, 5.41) is 11.6. The largest absolute Gasteiger partial charge is 0.493 e. The van der Waals surface area contributed by atoms with Crippen LogP contribution in [0.5, 0.6) is 11.5 Å². The molecule has 2 heterocycles. The van der Waals surface area contributed by atoms with Crippen molar-refractivity contribution < 1.29 is 24.2 Å². The molecule has 7 nitrogen and oxygen atoms in total. The average molecular weight is 439 g/mol. The molecule has 32 heavy (non-hydrogen) atoms. The lowest BCUT2D eigenvalue weighted by atomic mass is 9.88. The summed E-state index contributed by atoms with van der Waals surface area (Å²) >= 11 is 0. The second-order valence-electron chi connectivity index (χ2n) is 8.58. The van der Waals surface area contributed by atoms with E-state index in [1.807, 2.05) is 12.1 Å². The molecule has 1 fully saturated rings. The summed E-state index contributed by atoms with van der Waals surface area (Å²) in [6, 6.07) is 12.4. The number of carbonyl (C=O) groups excluding carboxylic acids is 2. The van der Waals surface area contributed by atoms with E-state index in [0.29, 0.717) is 41.0 Å². The molecule has 0 spiro atoms. The van der Waals surface area contributed by atoms with Crippen LogP contribution in [0.3, 0.4) is 0 Å². The van der Waals surface area contributed by atoms with Crippen molar-refractivity contribution in [1.82, 2.24) is 4.90 Å². The monoisotopic (exact) mass is 438 g/mol. The Hall–Kier alpha value is -2.90. The van der Waals surface area contributed by atoms with Gasteiger partial charge in [0.2, 0.25) is 0 Å². The number of likely N-dealkylation sites (tertiary alicyclic amines) is 1. The first-order valence-electron chi connectivity index (χ1n) is 11.0. The summed E-state index contributed by atoms with van der Waals surface area (Å²) in [5.41, 5.74) is -0.411. The zero-order valence-corrected chi connectivity index (χ0v) is 18.8. The Kier molecular flexibility index (Phi) is 6.22. The van der Waals surface area contributed by atoms with Crippen molar-refractivity contribution in [3.63, 3.8) is 0 Å². The zero-order valence-electron chi connectivity index (χ0n) is 18.8. The van der Waals surface area contributed by atoms with Crippen LogP contribution in [-0.2, 0) is 10.4 Å². The second kappa shape index (κ2) is 8.92. The molecule has 1 N–H and O–H groups in total. The van der Waals surface area contributed by atoms with E-state index in [-0.39, 0.29) is 12.2 Å². The van der Waals surface area contributed by atoms with Gasteiger partial charge in [-0.15, -0.1) is 0 Å². The molecule has 2 aromatic rings. The number of benzene rings is 2. The van der Waals surface area contributed by atoms with Crippen molar-refractivity contribution in [1.29, 1.82) is 0 Å². The number of hydrogen-bond acceptors (Lipinski definition) is 6. The van der Waals surface area contributed by atoms with Crippen LogP contribution < -0.4 is 14.4 Å². The van der Waals surface area contributed by atoms with Gasteiger partial charge in [-0.05, 0) is 44.0 Å². The number of carbonyl (C=O) groups is 2. The van der Waals surface area contributed by atoms with E-state index in [2.05, 4.69) is 11.8 Å². The highest BCUT2D eigenvalue weighted by atomic mass is 16.5. The number of nitrogens with zero attached hydrogens (tertiary/aromatic N) is 2. The fraction of sp³-hybridized carbons (Fsp3) is 0.440. The number of ketones is 1. The number of para-hydroxylation sites is 1. The summed E-state index contributed by atoms with van der Waals surface area (Å²) in [4.78, 5) is 30.5. The average Bonchev–Trinajstić information content (AvgIpc) is 3.01. The zero-order chi connectivity index (χ0) is 22.9. The van der Waals surface area contributed by atoms with E-state index in [9.17, 15) is 14.7 Å². The van der Waals surface area contributed by atoms with E-state index in [0.717, 1.165) is 19.4 Å². The fourth-order valence-electron chi connectivity index (χ4n) is 4.71. The number of Topliss-reactive ketones (excluding diaryl/α,β-unsaturated/α-hetero) is 1. The third-order valence-corrected chi connectivity index (χ3v) is 6.62. The van der Waals surface area contributed by atoms with Gasteiger partial charge in [0.15, 0.2) is 22.9 Å². The quantitative estimate of drug-likeness (QED) is 0.668. The van der Waals surface area contributed by atoms with E-state index in [1.165, 1.54) is 20.6 Å². The molecule has 0 aromatic heterocycles. The lowest BCUT2D eigenvalue weighted by Crippen LogP contribution is -2.49. The Morgan fingerprint density at radius 1 is 1.12 bits per heavy atom. The highest BCUT2D eigenvalue weighted by Crippen LogP contribution is 2.43. The Balaban J connectivity index is 1.62. The molecule has 2 aliphatic rings. The Bertz CT molecular complexity index is 1020. The van der Waals surface area contributed by atoms with Crippen LogP contribution in [0.25, 0.3) is 0 Å². The molecule has 0 bridgehead atoms. The molecule has 0 aliphatic carbocycles. The smallest absolute Gasteiger partial charge is 0.265 e. The molecule has 2 unspecified atom stereocenters. The normalized spacial score (nSPS) is 23.2. The number of amides is 1. The third kappa shape index (κ3) is 3.87. The van der Waals surface area contributed by atoms with Gasteiger partial charge in [-0.2, -0.15) is 0 Å². The van der Waals surface area contributed by atoms with Gasteiger partial charge in [0.05, 0.1) is 33.0 Å². The predicted octanol–water partition coefficient (Wildman–Crippen LogP) is 3.34. The number of aliphatic hydroxyl groups is 1. The van der Waals surface area contributed by atoms with Crippen molar-refractivity contribution in [2.24, 2.45) is 0 Å². The lowest BCUT2D eigenvalue weighted by molar-refractivity contribution is -0.136. The minimum Gasteiger partial charge on any atom is -0.493 e. The highest BCUT2D eigenvalue weighted by Gasteiger charge is 2.51. The molecule has 2 atom stereocenters. The van der Waals surface area contributed by atoms with E-state index < -0.39 is 11.5 Å². The molecule has 4 rings (SSSR count). The highest BCUT2D eigenvalue weighted by molar-refractivity contribution is 6.10. The van der Waals surface area contributed by atoms with E-state index in [1.54, 1.807) is 35.2 Å². The summed E-state index contributed by atoms with van der Waals surface area (Å²) in [6.07, 6.45) is 3.03. The number of ether oxygens (including phenoxy) is 2. The summed E-state index contributed by atoms with van der Waals surface area (Å²) in [7, 11) is 3.02. The first kappa shape index (κ1) is 22.3. The molecule has 1 saturated heterocycles. The third-order valence-electron chi connectivity index (χ3n) is 6.62. The summed E-state index contributed by atoms with van der Waals surface area (Å²) in [5.74, 6) is 0.131. The van der Waals surface area contributed by atoms with Crippen LogP contribution in [0, 0.1) is 0 Å². The minimum atomic E-state index is -1.90. The maximum Gasteiger partial charge on any atom is 0.265 e. The molecular formula is C25H30N2O5. The molecule has 0 radical (unpaired) electrons. The summed E-state index contributed by atoms with van der Waals surface area (Å²) < 4.78 is 10.5.